The standard InChI is InChI=1S/C28H21Cl2F2N5O/c29-22-6-4-19(26(31)27(22)32)2-1-10-36-11-8-23-21(16-36)20-5-3-17(14-33)12-24(20)37(23)28(38)35-15-18-7-9-34-25(30)13-18/h1-7,9,12-13H,8,10-11,15-16H2,(H,35,38). The number of halogens is 4. The van der Waals surface area contributed by atoms with E-state index >= 15 is 0 Å². The first-order valence-corrected chi connectivity index (χ1v) is 12.6. The lowest BCUT2D eigenvalue weighted by atomic mass is 10.0. The predicted octanol–water partition coefficient (Wildman–Crippen LogP) is 6.32. The second kappa shape index (κ2) is 10.9. The summed E-state index contributed by atoms with van der Waals surface area (Å²) in [4.78, 5) is 19.5. The molecule has 10 heteroatoms. The van der Waals surface area contributed by atoms with Crippen molar-refractivity contribution in [3.63, 3.8) is 0 Å². The topological polar surface area (TPSA) is 74.0 Å². The second-order valence-electron chi connectivity index (χ2n) is 8.90. The van der Waals surface area contributed by atoms with Gasteiger partial charge in [-0.05, 0) is 41.5 Å². The fourth-order valence-electron chi connectivity index (χ4n) is 4.68. The van der Waals surface area contributed by atoms with Gasteiger partial charge in [-0.25, -0.2) is 18.6 Å². The minimum atomic E-state index is -1.06. The zero-order valence-electron chi connectivity index (χ0n) is 20.0. The fraction of sp³-hybridized carbons (Fsp3) is 0.179. The van der Waals surface area contributed by atoms with E-state index in [-0.39, 0.29) is 23.2 Å². The molecule has 0 atom stereocenters. The monoisotopic (exact) mass is 551 g/mol. The molecule has 0 aliphatic carbocycles. The Hall–Kier alpha value is -3.77. The van der Waals surface area contributed by atoms with Gasteiger partial charge in [0.25, 0.3) is 0 Å². The second-order valence-corrected chi connectivity index (χ2v) is 9.70. The molecule has 2 aromatic heterocycles. The van der Waals surface area contributed by atoms with Gasteiger partial charge in [0, 0.05) is 55.4 Å². The zero-order valence-corrected chi connectivity index (χ0v) is 21.5. The van der Waals surface area contributed by atoms with Crippen LogP contribution >= 0.6 is 23.2 Å². The Kier molecular flexibility index (Phi) is 7.43. The first-order valence-electron chi connectivity index (χ1n) is 11.8. The summed E-state index contributed by atoms with van der Waals surface area (Å²) in [5, 5.41) is 13.4. The third-order valence-electron chi connectivity index (χ3n) is 6.52. The first-order chi connectivity index (χ1) is 18.4. The summed E-state index contributed by atoms with van der Waals surface area (Å²) < 4.78 is 29.5. The van der Waals surface area contributed by atoms with E-state index in [9.17, 15) is 18.8 Å². The van der Waals surface area contributed by atoms with Crippen molar-refractivity contribution in [3.8, 4) is 6.07 Å². The maximum absolute atomic E-state index is 14.1. The Bertz CT molecular complexity index is 1630. The minimum Gasteiger partial charge on any atom is -0.333 e. The van der Waals surface area contributed by atoms with E-state index in [1.807, 2.05) is 6.07 Å². The normalized spacial score (nSPS) is 13.6. The van der Waals surface area contributed by atoms with Gasteiger partial charge in [0.1, 0.15) is 5.15 Å². The largest absolute Gasteiger partial charge is 0.333 e. The van der Waals surface area contributed by atoms with Crippen molar-refractivity contribution >= 4 is 46.2 Å². The summed E-state index contributed by atoms with van der Waals surface area (Å²) in [6.07, 6.45) is 5.48. The number of fused-ring (bicyclic) bond motifs is 3. The van der Waals surface area contributed by atoms with Gasteiger partial charge in [0.2, 0.25) is 0 Å². The number of aromatic nitrogens is 2. The smallest absolute Gasteiger partial charge is 0.326 e. The third-order valence-corrected chi connectivity index (χ3v) is 7.02. The van der Waals surface area contributed by atoms with Crippen LogP contribution in [-0.2, 0) is 19.5 Å². The highest BCUT2D eigenvalue weighted by Gasteiger charge is 2.26. The summed E-state index contributed by atoms with van der Waals surface area (Å²) in [5.41, 5.74) is 3.94. The van der Waals surface area contributed by atoms with Crippen LogP contribution in [0.2, 0.25) is 10.2 Å². The van der Waals surface area contributed by atoms with Gasteiger partial charge in [-0.2, -0.15) is 5.26 Å². The highest BCUT2D eigenvalue weighted by Crippen LogP contribution is 2.32. The van der Waals surface area contributed by atoms with E-state index in [0.29, 0.717) is 42.3 Å². The van der Waals surface area contributed by atoms with Gasteiger partial charge in [-0.1, -0.05) is 47.5 Å². The summed E-state index contributed by atoms with van der Waals surface area (Å²) in [7, 11) is 0. The molecule has 6 nitrogen and oxygen atoms in total. The lowest BCUT2D eigenvalue weighted by Gasteiger charge is -2.27. The molecule has 4 aromatic rings. The van der Waals surface area contributed by atoms with Crippen LogP contribution in [0.5, 0.6) is 0 Å². The molecule has 0 saturated carbocycles. The van der Waals surface area contributed by atoms with Gasteiger partial charge in [0.05, 0.1) is 22.2 Å². The highest BCUT2D eigenvalue weighted by atomic mass is 35.5. The van der Waals surface area contributed by atoms with Crippen molar-refractivity contribution in [1.29, 1.82) is 5.26 Å². The predicted molar refractivity (Wildman–Crippen MR) is 143 cm³/mol. The number of pyridine rings is 1. The van der Waals surface area contributed by atoms with Gasteiger partial charge in [-0.3, -0.25) is 9.47 Å². The van der Waals surface area contributed by atoms with Crippen LogP contribution in [0.3, 0.4) is 0 Å². The van der Waals surface area contributed by atoms with Crippen molar-refractivity contribution in [2.24, 2.45) is 0 Å². The van der Waals surface area contributed by atoms with Gasteiger partial charge >= 0.3 is 6.03 Å². The molecule has 1 aliphatic heterocycles. The number of nitrogens with one attached hydrogen (secondary N) is 1. The van der Waals surface area contributed by atoms with Crippen LogP contribution in [0.1, 0.15) is 27.9 Å². The number of rotatable bonds is 5. The van der Waals surface area contributed by atoms with Crippen molar-refractivity contribution < 1.29 is 13.6 Å². The molecule has 0 unspecified atom stereocenters. The molecular formula is C28H21Cl2F2N5O. The molecule has 1 aliphatic rings. The lowest BCUT2D eigenvalue weighted by molar-refractivity contribution is 0.240. The van der Waals surface area contributed by atoms with Crippen LogP contribution < -0.4 is 5.32 Å². The molecule has 0 bridgehead atoms. The molecule has 2 aromatic carbocycles. The number of benzene rings is 2. The maximum Gasteiger partial charge on any atom is 0.326 e. The van der Waals surface area contributed by atoms with Crippen molar-refractivity contribution in [2.75, 3.05) is 13.1 Å². The van der Waals surface area contributed by atoms with Crippen LogP contribution in [0.15, 0.2) is 54.7 Å². The van der Waals surface area contributed by atoms with Crippen LogP contribution in [0.4, 0.5) is 13.6 Å². The first kappa shape index (κ1) is 25.9. The third kappa shape index (κ3) is 5.14. The Balaban J connectivity index is 1.39. The summed E-state index contributed by atoms with van der Waals surface area (Å²) in [6.45, 7) is 1.98. The van der Waals surface area contributed by atoms with E-state index in [1.54, 1.807) is 41.1 Å². The minimum absolute atomic E-state index is 0.123. The number of carbonyl (C=O) groups excluding carboxylic acids is 1. The average Bonchev–Trinajstić information content (AvgIpc) is 3.24. The molecular weight excluding hydrogens is 531 g/mol. The van der Waals surface area contributed by atoms with Crippen molar-refractivity contribution in [2.45, 2.75) is 19.5 Å². The molecule has 0 fully saturated rings. The molecule has 0 radical (unpaired) electrons. The summed E-state index contributed by atoms with van der Waals surface area (Å²) >= 11 is 11.6. The number of hydrogen-bond acceptors (Lipinski definition) is 4. The molecule has 3 heterocycles. The SMILES string of the molecule is N#Cc1ccc2c3c(n(C(=O)NCc4ccnc(Cl)c4)c2c1)CCN(CC=Cc1ccc(Cl)c(F)c1F)C3. The van der Waals surface area contributed by atoms with E-state index < -0.39 is 11.6 Å². The Morgan fingerprint density at radius 3 is 2.79 bits per heavy atom. The Morgan fingerprint density at radius 2 is 2.00 bits per heavy atom. The number of carbonyl (C=O) groups is 1. The Morgan fingerprint density at radius 1 is 1.16 bits per heavy atom. The molecule has 5 rings (SSSR count). The van der Waals surface area contributed by atoms with Gasteiger partial charge in [-0.15, -0.1) is 0 Å². The molecule has 1 N–H and O–H groups in total. The number of amides is 1. The van der Waals surface area contributed by atoms with Crippen LogP contribution in [-0.4, -0.2) is 33.6 Å². The molecule has 38 heavy (non-hydrogen) atoms. The molecule has 192 valence electrons. The van der Waals surface area contributed by atoms with Crippen molar-refractivity contribution in [3.05, 3.63) is 104 Å². The number of nitriles is 1. The van der Waals surface area contributed by atoms with Crippen LogP contribution in [0.25, 0.3) is 17.0 Å². The number of hydrogen-bond donors (Lipinski definition) is 1. The fourth-order valence-corrected chi connectivity index (χ4v) is 5.02. The summed E-state index contributed by atoms with van der Waals surface area (Å²) in [6, 6.07) is 13.4. The van der Waals surface area contributed by atoms with Crippen molar-refractivity contribution in [1.82, 2.24) is 19.8 Å². The highest BCUT2D eigenvalue weighted by molar-refractivity contribution is 6.30. The molecule has 0 saturated heterocycles. The van der Waals surface area contributed by atoms with Crippen LogP contribution in [0, 0.1) is 23.0 Å². The lowest BCUT2D eigenvalue weighted by Crippen LogP contribution is -2.34. The van der Waals surface area contributed by atoms with Gasteiger partial charge in [0.15, 0.2) is 11.6 Å². The average molecular weight is 552 g/mol. The zero-order chi connectivity index (χ0) is 26.8. The molecule has 0 spiro atoms. The summed E-state index contributed by atoms with van der Waals surface area (Å²) in [5.74, 6) is -2.04. The van der Waals surface area contributed by atoms with E-state index in [4.69, 9.17) is 23.2 Å². The van der Waals surface area contributed by atoms with E-state index in [0.717, 1.165) is 22.2 Å². The molecule has 1 amide bonds. The van der Waals surface area contributed by atoms with E-state index in [1.165, 1.54) is 18.2 Å². The maximum atomic E-state index is 14.1. The number of nitrogens with zero attached hydrogens (tertiary/aromatic N) is 4. The van der Waals surface area contributed by atoms with E-state index in [2.05, 4.69) is 21.3 Å². The quantitative estimate of drug-likeness (QED) is 0.232. The Labute approximate surface area is 227 Å². The van der Waals surface area contributed by atoms with Gasteiger partial charge < -0.3 is 5.32 Å².